The molecule has 3 heteroatoms. The number of hydroxylamine groups is 2. The second-order valence-corrected chi connectivity index (χ2v) is 6.39. The molecule has 0 aromatic heterocycles. The van der Waals surface area contributed by atoms with Gasteiger partial charge in [-0.3, -0.25) is 0 Å². The second kappa shape index (κ2) is 8.65. The number of hydrogen-bond acceptors (Lipinski definition) is 3. The van der Waals surface area contributed by atoms with Crippen molar-refractivity contribution < 1.29 is 9.63 Å². The van der Waals surface area contributed by atoms with E-state index in [4.69, 9.17) is 4.84 Å². The first-order valence-electron chi connectivity index (χ1n) is 8.88. The zero-order chi connectivity index (χ0) is 16.6. The van der Waals surface area contributed by atoms with Gasteiger partial charge >= 0.3 is 5.97 Å². The smallest absolute Gasteiger partial charge is 0.332 e. The molecule has 126 valence electrons. The number of benzene rings is 2. The largest absolute Gasteiger partial charge is 0.367 e. The number of carbonyl (C=O) groups excluding carboxylic acids is 1. The van der Waals surface area contributed by atoms with Crippen LogP contribution in [-0.4, -0.2) is 24.1 Å². The van der Waals surface area contributed by atoms with E-state index in [-0.39, 0.29) is 11.9 Å². The zero-order valence-corrected chi connectivity index (χ0v) is 14.1. The van der Waals surface area contributed by atoms with Crippen molar-refractivity contribution in [3.05, 3.63) is 71.8 Å². The summed E-state index contributed by atoms with van der Waals surface area (Å²) in [5.74, 6) is -0.340. The molecule has 0 N–H and O–H groups in total. The van der Waals surface area contributed by atoms with E-state index in [9.17, 15) is 4.79 Å². The minimum atomic E-state index is -0.215. The summed E-state index contributed by atoms with van der Waals surface area (Å²) in [4.78, 5) is 18.5. The maximum atomic E-state index is 12.8. The average molecular weight is 323 g/mol. The molecule has 1 unspecified atom stereocenters. The highest BCUT2D eigenvalue weighted by atomic mass is 16.7. The Balaban J connectivity index is 1.68. The molecule has 3 nitrogen and oxygen atoms in total. The third-order valence-corrected chi connectivity index (χ3v) is 4.59. The van der Waals surface area contributed by atoms with Crippen LogP contribution in [0.4, 0.5) is 0 Å². The van der Waals surface area contributed by atoms with Crippen LogP contribution in [0.3, 0.4) is 0 Å². The van der Waals surface area contributed by atoms with Gasteiger partial charge in [-0.2, -0.15) is 0 Å². The molecule has 3 rings (SSSR count). The maximum Gasteiger partial charge on any atom is 0.332 e. The van der Waals surface area contributed by atoms with Gasteiger partial charge in [-0.15, -0.1) is 5.06 Å². The van der Waals surface area contributed by atoms with Gasteiger partial charge < -0.3 is 4.84 Å². The first-order chi connectivity index (χ1) is 11.8. The Bertz CT molecular complexity index is 621. The topological polar surface area (TPSA) is 29.5 Å². The summed E-state index contributed by atoms with van der Waals surface area (Å²) in [5.41, 5.74) is 2.29. The number of aryl methyl sites for hydroxylation is 1. The quantitative estimate of drug-likeness (QED) is 0.791. The predicted molar refractivity (Wildman–Crippen MR) is 95.5 cm³/mol. The SMILES string of the molecule is O=C(ON1CCCCC1)C(CCc1ccccc1)c1ccccc1. The number of hydrogen-bond donors (Lipinski definition) is 0. The highest BCUT2D eigenvalue weighted by molar-refractivity contribution is 5.78. The highest BCUT2D eigenvalue weighted by Crippen LogP contribution is 2.24. The molecule has 0 spiro atoms. The normalized spacial score (nSPS) is 16.5. The van der Waals surface area contributed by atoms with E-state index < -0.39 is 0 Å². The number of carbonyl (C=O) groups is 1. The molecule has 0 aliphatic carbocycles. The van der Waals surface area contributed by atoms with Crippen LogP contribution in [0.5, 0.6) is 0 Å². The minimum absolute atomic E-state index is 0.126. The van der Waals surface area contributed by atoms with Gasteiger partial charge in [0.15, 0.2) is 0 Å². The maximum absolute atomic E-state index is 12.8. The molecule has 0 bridgehead atoms. The average Bonchev–Trinajstić information content (AvgIpc) is 2.64. The van der Waals surface area contributed by atoms with Crippen molar-refractivity contribution in [2.75, 3.05) is 13.1 Å². The molecule has 1 fully saturated rings. The third-order valence-electron chi connectivity index (χ3n) is 4.59. The summed E-state index contributed by atoms with van der Waals surface area (Å²) >= 11 is 0. The van der Waals surface area contributed by atoms with Crippen molar-refractivity contribution in [2.24, 2.45) is 0 Å². The van der Waals surface area contributed by atoms with Gasteiger partial charge in [-0.05, 0) is 36.8 Å². The van der Waals surface area contributed by atoms with E-state index in [1.165, 1.54) is 12.0 Å². The summed E-state index contributed by atoms with van der Waals surface area (Å²) in [6.45, 7) is 1.71. The van der Waals surface area contributed by atoms with Gasteiger partial charge in [0.25, 0.3) is 0 Å². The lowest BCUT2D eigenvalue weighted by Crippen LogP contribution is -2.34. The summed E-state index contributed by atoms with van der Waals surface area (Å²) in [7, 11) is 0. The highest BCUT2D eigenvalue weighted by Gasteiger charge is 2.25. The molecule has 1 atom stereocenters. The fourth-order valence-electron chi connectivity index (χ4n) is 3.21. The number of rotatable bonds is 6. The van der Waals surface area contributed by atoms with Crippen LogP contribution in [0.15, 0.2) is 60.7 Å². The summed E-state index contributed by atoms with van der Waals surface area (Å²) in [6, 6.07) is 20.3. The van der Waals surface area contributed by atoms with E-state index in [0.717, 1.165) is 44.3 Å². The molecule has 1 saturated heterocycles. The third kappa shape index (κ3) is 4.68. The van der Waals surface area contributed by atoms with Crippen molar-refractivity contribution in [1.82, 2.24) is 5.06 Å². The molecule has 1 aliphatic rings. The molecular weight excluding hydrogens is 298 g/mol. The summed E-state index contributed by atoms with van der Waals surface area (Å²) in [6.07, 6.45) is 5.07. The van der Waals surface area contributed by atoms with Crippen molar-refractivity contribution in [3.8, 4) is 0 Å². The molecule has 1 heterocycles. The Morgan fingerprint density at radius 1 is 0.917 bits per heavy atom. The lowest BCUT2D eigenvalue weighted by molar-refractivity contribution is -0.196. The van der Waals surface area contributed by atoms with Crippen molar-refractivity contribution in [2.45, 2.75) is 38.0 Å². The lowest BCUT2D eigenvalue weighted by Gasteiger charge is -2.27. The fourth-order valence-corrected chi connectivity index (χ4v) is 3.21. The molecule has 0 saturated carbocycles. The van der Waals surface area contributed by atoms with Gasteiger partial charge in [-0.25, -0.2) is 4.79 Å². The number of piperidine rings is 1. The van der Waals surface area contributed by atoms with Crippen LogP contribution >= 0.6 is 0 Å². The van der Waals surface area contributed by atoms with Gasteiger partial charge in [0.05, 0.1) is 5.92 Å². The molecule has 0 amide bonds. The predicted octanol–water partition coefficient (Wildman–Crippen LogP) is 4.35. The number of nitrogens with zero attached hydrogens (tertiary/aromatic N) is 1. The van der Waals surface area contributed by atoms with Gasteiger partial charge in [0.2, 0.25) is 0 Å². The van der Waals surface area contributed by atoms with Crippen molar-refractivity contribution in [3.63, 3.8) is 0 Å². The van der Waals surface area contributed by atoms with E-state index in [1.807, 2.05) is 53.6 Å². The van der Waals surface area contributed by atoms with Crippen LogP contribution in [0.1, 0.15) is 42.7 Å². The zero-order valence-electron chi connectivity index (χ0n) is 14.1. The van der Waals surface area contributed by atoms with Crippen LogP contribution in [0.2, 0.25) is 0 Å². The first kappa shape index (κ1) is 16.7. The molecule has 24 heavy (non-hydrogen) atoms. The molecule has 0 radical (unpaired) electrons. The Kier molecular flexibility index (Phi) is 6.02. The molecular formula is C21H25NO2. The minimum Gasteiger partial charge on any atom is -0.367 e. The van der Waals surface area contributed by atoms with E-state index in [1.54, 1.807) is 0 Å². The Hall–Kier alpha value is -2.13. The molecule has 2 aromatic carbocycles. The van der Waals surface area contributed by atoms with Gasteiger partial charge in [-0.1, -0.05) is 67.1 Å². The first-order valence-corrected chi connectivity index (χ1v) is 8.88. The fraction of sp³-hybridized carbons (Fsp3) is 0.381. The van der Waals surface area contributed by atoms with Gasteiger partial charge in [0.1, 0.15) is 0 Å². The Labute approximate surface area is 144 Å². The van der Waals surface area contributed by atoms with Gasteiger partial charge in [0, 0.05) is 13.1 Å². The summed E-state index contributed by atoms with van der Waals surface area (Å²) < 4.78 is 0. The Morgan fingerprint density at radius 2 is 1.54 bits per heavy atom. The monoisotopic (exact) mass is 323 g/mol. The van der Waals surface area contributed by atoms with E-state index in [2.05, 4.69) is 12.1 Å². The lowest BCUT2D eigenvalue weighted by atomic mass is 9.92. The molecule has 2 aromatic rings. The Morgan fingerprint density at radius 3 is 2.21 bits per heavy atom. The van der Waals surface area contributed by atoms with Crippen LogP contribution < -0.4 is 0 Å². The van der Waals surface area contributed by atoms with Crippen molar-refractivity contribution in [1.29, 1.82) is 0 Å². The van der Waals surface area contributed by atoms with Crippen molar-refractivity contribution >= 4 is 5.97 Å². The van der Waals surface area contributed by atoms with Crippen LogP contribution in [-0.2, 0) is 16.1 Å². The standard InChI is InChI=1S/C21H25NO2/c23-21(24-22-16-8-3-9-17-22)20(19-12-6-2-7-13-19)15-14-18-10-4-1-5-11-18/h1-2,4-7,10-13,20H,3,8-9,14-17H2. The van der Waals surface area contributed by atoms with E-state index >= 15 is 0 Å². The van der Waals surface area contributed by atoms with E-state index in [0.29, 0.717) is 0 Å². The molecule has 1 aliphatic heterocycles. The summed E-state index contributed by atoms with van der Waals surface area (Å²) in [5, 5.41) is 1.84. The van der Waals surface area contributed by atoms with Crippen LogP contribution in [0.25, 0.3) is 0 Å². The second-order valence-electron chi connectivity index (χ2n) is 6.39. The van der Waals surface area contributed by atoms with Crippen LogP contribution in [0, 0.1) is 0 Å².